The number of piperidine rings is 1. The number of hydrogen-bond donors (Lipinski definition) is 0. The molecular formula is C25H31N3O3. The maximum absolute atomic E-state index is 13.0. The quantitative estimate of drug-likeness (QED) is 0.666. The highest BCUT2D eigenvalue weighted by atomic mass is 16.6. The molecule has 0 radical (unpaired) electrons. The van der Waals surface area contributed by atoms with E-state index in [9.17, 15) is 9.59 Å². The van der Waals surface area contributed by atoms with Crippen LogP contribution in [0.2, 0.25) is 0 Å². The Bertz CT molecular complexity index is 873. The molecule has 0 aromatic heterocycles. The minimum atomic E-state index is -0.352. The van der Waals surface area contributed by atoms with Crippen LogP contribution in [0.25, 0.3) is 0 Å². The first-order valence-corrected chi connectivity index (χ1v) is 11.3. The van der Waals surface area contributed by atoms with Crippen molar-refractivity contribution in [1.29, 1.82) is 0 Å². The van der Waals surface area contributed by atoms with Gasteiger partial charge in [-0.3, -0.25) is 14.6 Å². The molecule has 2 aromatic rings. The van der Waals surface area contributed by atoms with Gasteiger partial charge in [-0.15, -0.1) is 0 Å². The molecule has 2 aliphatic heterocycles. The summed E-state index contributed by atoms with van der Waals surface area (Å²) in [7, 11) is 0. The summed E-state index contributed by atoms with van der Waals surface area (Å²) in [6, 6.07) is 17.6. The van der Waals surface area contributed by atoms with Gasteiger partial charge in [0.15, 0.2) is 5.78 Å². The second kappa shape index (κ2) is 10.6. The van der Waals surface area contributed by atoms with Gasteiger partial charge in [-0.2, -0.15) is 0 Å². The summed E-state index contributed by atoms with van der Waals surface area (Å²) < 4.78 is 5.62. The van der Waals surface area contributed by atoms with Gasteiger partial charge in [0.25, 0.3) is 0 Å². The molecule has 2 heterocycles. The van der Waals surface area contributed by atoms with Crippen molar-refractivity contribution < 1.29 is 14.3 Å². The zero-order chi connectivity index (χ0) is 21.5. The second-order valence-corrected chi connectivity index (χ2v) is 8.37. The van der Waals surface area contributed by atoms with Gasteiger partial charge in [0.2, 0.25) is 0 Å². The third-order valence-corrected chi connectivity index (χ3v) is 6.08. The number of rotatable bonds is 6. The van der Waals surface area contributed by atoms with Gasteiger partial charge in [-0.25, -0.2) is 4.79 Å². The van der Waals surface area contributed by atoms with E-state index in [0.29, 0.717) is 17.9 Å². The van der Waals surface area contributed by atoms with E-state index in [0.717, 1.165) is 65.1 Å². The fourth-order valence-electron chi connectivity index (χ4n) is 4.26. The zero-order valence-corrected chi connectivity index (χ0v) is 18.0. The van der Waals surface area contributed by atoms with Crippen molar-refractivity contribution in [2.45, 2.75) is 25.8 Å². The van der Waals surface area contributed by atoms with Gasteiger partial charge in [0.1, 0.15) is 5.75 Å². The minimum absolute atomic E-state index is 0.00134. The number of nitrogens with zero attached hydrogens (tertiary/aromatic N) is 3. The maximum atomic E-state index is 13.0. The molecule has 0 atom stereocenters. The number of hydrogen-bond acceptors (Lipinski definition) is 5. The monoisotopic (exact) mass is 421 g/mol. The molecule has 0 aliphatic carbocycles. The number of ether oxygens (including phenoxy) is 1. The number of ketones is 1. The smallest absolute Gasteiger partial charge is 0.409 e. The predicted molar refractivity (Wildman–Crippen MR) is 120 cm³/mol. The number of carbonyl (C=O) groups excluding carboxylic acids is 2. The number of piperazine rings is 1. The van der Waals surface area contributed by atoms with Gasteiger partial charge in [0.05, 0.1) is 12.1 Å². The third-order valence-electron chi connectivity index (χ3n) is 6.08. The first-order chi connectivity index (χ1) is 15.2. The van der Waals surface area contributed by atoms with E-state index < -0.39 is 0 Å². The van der Waals surface area contributed by atoms with Crippen LogP contribution in [0.4, 0.5) is 4.79 Å². The van der Waals surface area contributed by atoms with E-state index >= 15 is 0 Å². The fraction of sp³-hybridized carbons (Fsp3) is 0.440. The molecule has 0 spiro atoms. The van der Waals surface area contributed by atoms with Gasteiger partial charge < -0.3 is 9.64 Å². The lowest BCUT2D eigenvalue weighted by atomic mass is 10.1. The lowest BCUT2D eigenvalue weighted by Gasteiger charge is -2.34. The van der Waals surface area contributed by atoms with Crippen LogP contribution in [0, 0.1) is 0 Å². The van der Waals surface area contributed by atoms with Gasteiger partial charge in [-0.05, 0) is 37.0 Å². The Hall–Kier alpha value is -2.70. The van der Waals surface area contributed by atoms with Crippen LogP contribution in [0.3, 0.4) is 0 Å². The largest absolute Gasteiger partial charge is 0.415 e. The van der Waals surface area contributed by atoms with Crippen LogP contribution in [-0.4, -0.2) is 72.4 Å². The second-order valence-electron chi connectivity index (χ2n) is 8.37. The Morgan fingerprint density at radius 2 is 1.39 bits per heavy atom. The predicted octanol–water partition coefficient (Wildman–Crippen LogP) is 3.67. The molecule has 0 bridgehead atoms. The lowest BCUT2D eigenvalue weighted by Crippen LogP contribution is -2.47. The number of carbonyl (C=O) groups is 2. The topological polar surface area (TPSA) is 53.1 Å². The van der Waals surface area contributed by atoms with E-state index in [-0.39, 0.29) is 11.9 Å². The molecule has 164 valence electrons. The third kappa shape index (κ3) is 5.93. The van der Waals surface area contributed by atoms with Gasteiger partial charge in [0, 0.05) is 45.8 Å². The van der Waals surface area contributed by atoms with Crippen molar-refractivity contribution in [1.82, 2.24) is 14.7 Å². The Morgan fingerprint density at radius 1 is 0.742 bits per heavy atom. The number of benzene rings is 2. The number of amides is 1. The summed E-state index contributed by atoms with van der Waals surface area (Å²) in [6.45, 7) is 6.32. The molecule has 1 amide bonds. The van der Waals surface area contributed by atoms with Gasteiger partial charge >= 0.3 is 6.09 Å². The van der Waals surface area contributed by atoms with Crippen LogP contribution in [-0.2, 0) is 6.54 Å². The highest BCUT2D eigenvalue weighted by Gasteiger charge is 2.24. The Labute approximate surface area is 184 Å². The standard InChI is InChI=1S/C25H31N3O3/c29-23(20-27-17-15-26(16-18-27)19-21-9-3-1-4-10-21)22-11-5-6-12-24(22)31-25(30)28-13-7-2-8-14-28/h1,3-6,9-12H,2,7-8,13-20H2. The minimum Gasteiger partial charge on any atom is -0.409 e. The molecule has 0 saturated carbocycles. The van der Waals surface area contributed by atoms with Crippen molar-refractivity contribution >= 4 is 11.9 Å². The van der Waals surface area contributed by atoms with Crippen molar-refractivity contribution in [3.05, 3.63) is 65.7 Å². The number of likely N-dealkylation sites (tertiary alicyclic amines) is 1. The van der Waals surface area contributed by atoms with Gasteiger partial charge in [-0.1, -0.05) is 42.5 Å². The highest BCUT2D eigenvalue weighted by Crippen LogP contribution is 2.21. The summed E-state index contributed by atoms with van der Waals surface area (Å²) in [5, 5.41) is 0. The average Bonchev–Trinajstić information content (AvgIpc) is 2.82. The molecule has 2 aromatic carbocycles. The van der Waals surface area contributed by atoms with Crippen molar-refractivity contribution in [2.75, 3.05) is 45.8 Å². The molecule has 2 aliphatic rings. The Morgan fingerprint density at radius 3 is 2.13 bits per heavy atom. The molecular weight excluding hydrogens is 390 g/mol. The molecule has 31 heavy (non-hydrogen) atoms. The molecule has 6 heteroatoms. The first-order valence-electron chi connectivity index (χ1n) is 11.3. The highest BCUT2D eigenvalue weighted by molar-refractivity contribution is 6.00. The molecule has 2 saturated heterocycles. The molecule has 2 fully saturated rings. The normalized spacial score (nSPS) is 18.0. The van der Waals surface area contributed by atoms with Crippen molar-refractivity contribution in [3.8, 4) is 5.75 Å². The van der Waals surface area contributed by atoms with Crippen LogP contribution in [0.15, 0.2) is 54.6 Å². The Balaban J connectivity index is 1.30. The summed E-state index contributed by atoms with van der Waals surface area (Å²) >= 11 is 0. The van der Waals surface area contributed by atoms with Crippen LogP contribution in [0.1, 0.15) is 35.2 Å². The first kappa shape index (κ1) is 21.5. The summed E-state index contributed by atoms with van der Waals surface area (Å²) in [5.74, 6) is 0.365. The summed E-state index contributed by atoms with van der Waals surface area (Å²) in [6.07, 6.45) is 2.81. The lowest BCUT2D eigenvalue weighted by molar-refractivity contribution is 0.0840. The zero-order valence-electron chi connectivity index (χ0n) is 18.0. The molecule has 0 N–H and O–H groups in total. The van der Waals surface area contributed by atoms with Crippen LogP contribution in [0.5, 0.6) is 5.75 Å². The Kier molecular flexibility index (Phi) is 7.33. The summed E-state index contributed by atoms with van der Waals surface area (Å²) in [5.41, 5.74) is 1.80. The maximum Gasteiger partial charge on any atom is 0.415 e. The molecule has 0 unspecified atom stereocenters. The number of para-hydroxylation sites is 1. The van der Waals surface area contributed by atoms with E-state index in [1.165, 1.54) is 5.56 Å². The van der Waals surface area contributed by atoms with Crippen LogP contribution >= 0.6 is 0 Å². The average molecular weight is 422 g/mol. The molecule has 6 nitrogen and oxygen atoms in total. The van der Waals surface area contributed by atoms with Crippen molar-refractivity contribution in [2.24, 2.45) is 0 Å². The van der Waals surface area contributed by atoms with Crippen LogP contribution < -0.4 is 4.74 Å². The van der Waals surface area contributed by atoms with E-state index in [4.69, 9.17) is 4.74 Å². The van der Waals surface area contributed by atoms with E-state index in [1.807, 2.05) is 12.1 Å². The van der Waals surface area contributed by atoms with E-state index in [1.54, 1.807) is 23.1 Å². The van der Waals surface area contributed by atoms with E-state index in [2.05, 4.69) is 34.1 Å². The SMILES string of the molecule is O=C(CN1CCN(Cc2ccccc2)CC1)c1ccccc1OC(=O)N1CCCCC1. The molecule has 4 rings (SSSR count). The van der Waals surface area contributed by atoms with Crippen molar-refractivity contribution in [3.63, 3.8) is 0 Å². The fourth-order valence-corrected chi connectivity index (χ4v) is 4.26. The number of Topliss-reactive ketones (excluding diaryl/α,β-unsaturated/α-hetero) is 1. The summed E-state index contributed by atoms with van der Waals surface area (Å²) in [4.78, 5) is 31.8.